The maximum atomic E-state index is 11.9. The molecular formula is C13H16ClNO2. The van der Waals surface area contributed by atoms with Crippen LogP contribution in [0.3, 0.4) is 0 Å². The summed E-state index contributed by atoms with van der Waals surface area (Å²) in [6.45, 7) is 2.76. The number of carbonyl (C=O) groups is 1. The first-order valence-corrected chi connectivity index (χ1v) is 6.22. The summed E-state index contributed by atoms with van der Waals surface area (Å²) >= 11 is 5.85. The molecule has 0 aliphatic carbocycles. The summed E-state index contributed by atoms with van der Waals surface area (Å²) in [5, 5.41) is 3.51. The van der Waals surface area contributed by atoms with Gasteiger partial charge in [0.1, 0.15) is 0 Å². The van der Waals surface area contributed by atoms with Crippen molar-refractivity contribution in [3.05, 3.63) is 34.9 Å². The molecule has 0 radical (unpaired) electrons. The number of hydrogen-bond acceptors (Lipinski definition) is 2. The third-order valence-electron chi connectivity index (χ3n) is 2.97. The predicted molar refractivity (Wildman–Crippen MR) is 67.4 cm³/mol. The molecular weight excluding hydrogens is 238 g/mol. The van der Waals surface area contributed by atoms with E-state index < -0.39 is 0 Å². The fourth-order valence-electron chi connectivity index (χ4n) is 2.01. The van der Waals surface area contributed by atoms with Crippen molar-refractivity contribution in [1.82, 2.24) is 5.32 Å². The summed E-state index contributed by atoms with van der Waals surface area (Å²) in [7, 11) is 0. The quantitative estimate of drug-likeness (QED) is 0.899. The van der Waals surface area contributed by atoms with Gasteiger partial charge < -0.3 is 10.1 Å². The summed E-state index contributed by atoms with van der Waals surface area (Å²) < 4.78 is 5.53. The fourth-order valence-corrected chi connectivity index (χ4v) is 2.20. The molecule has 1 N–H and O–H groups in total. The van der Waals surface area contributed by atoms with Gasteiger partial charge >= 0.3 is 0 Å². The third-order valence-corrected chi connectivity index (χ3v) is 3.20. The molecule has 2 rings (SSSR count). The van der Waals surface area contributed by atoms with E-state index in [-0.39, 0.29) is 18.1 Å². The summed E-state index contributed by atoms with van der Waals surface area (Å²) in [6, 6.07) is 6.97. The topological polar surface area (TPSA) is 38.3 Å². The van der Waals surface area contributed by atoms with E-state index in [2.05, 4.69) is 5.32 Å². The van der Waals surface area contributed by atoms with E-state index in [1.165, 1.54) is 0 Å². The number of nitrogens with one attached hydrogen (secondary N) is 1. The molecule has 1 saturated heterocycles. The first-order valence-electron chi connectivity index (χ1n) is 5.85. The van der Waals surface area contributed by atoms with Crippen LogP contribution in [0.25, 0.3) is 0 Å². The van der Waals surface area contributed by atoms with Gasteiger partial charge in [0.25, 0.3) is 5.91 Å². The van der Waals surface area contributed by atoms with Gasteiger partial charge in [-0.1, -0.05) is 17.7 Å². The lowest BCUT2D eigenvalue weighted by Gasteiger charge is -2.20. The number of amides is 1. The van der Waals surface area contributed by atoms with Crippen molar-refractivity contribution in [2.75, 3.05) is 6.61 Å². The molecule has 4 heteroatoms. The van der Waals surface area contributed by atoms with Crippen LogP contribution < -0.4 is 5.32 Å². The Morgan fingerprint density at radius 3 is 3.06 bits per heavy atom. The van der Waals surface area contributed by atoms with Crippen molar-refractivity contribution >= 4 is 17.5 Å². The molecule has 1 fully saturated rings. The molecule has 1 aliphatic rings. The second kappa shape index (κ2) is 5.52. The van der Waals surface area contributed by atoms with Gasteiger partial charge in [-0.25, -0.2) is 0 Å². The van der Waals surface area contributed by atoms with Crippen LogP contribution >= 0.6 is 11.6 Å². The Balaban J connectivity index is 1.96. The standard InChI is InChI=1S/C13H16ClNO2/c1-9(12-6-3-7-17-12)15-13(16)10-4-2-5-11(14)8-10/h2,4-5,8-9,12H,3,6-7H2,1H3,(H,15,16)/t9-,12+/m0/s1. The van der Waals surface area contributed by atoms with E-state index in [0.29, 0.717) is 10.6 Å². The lowest BCUT2D eigenvalue weighted by atomic mass is 10.1. The van der Waals surface area contributed by atoms with E-state index in [9.17, 15) is 4.79 Å². The van der Waals surface area contributed by atoms with Gasteiger partial charge in [0, 0.05) is 17.2 Å². The summed E-state index contributed by atoms with van der Waals surface area (Å²) in [5.41, 5.74) is 0.586. The molecule has 1 heterocycles. The van der Waals surface area contributed by atoms with Crippen LogP contribution in [0.1, 0.15) is 30.1 Å². The molecule has 0 saturated carbocycles. The largest absolute Gasteiger partial charge is 0.376 e. The van der Waals surface area contributed by atoms with Crippen LogP contribution in [0.15, 0.2) is 24.3 Å². The fraction of sp³-hybridized carbons (Fsp3) is 0.462. The highest BCUT2D eigenvalue weighted by atomic mass is 35.5. The molecule has 1 aromatic carbocycles. The summed E-state index contributed by atoms with van der Waals surface area (Å²) in [4.78, 5) is 11.9. The zero-order valence-corrected chi connectivity index (χ0v) is 10.5. The molecule has 17 heavy (non-hydrogen) atoms. The average Bonchev–Trinajstić information content (AvgIpc) is 2.82. The van der Waals surface area contributed by atoms with Crippen LogP contribution in [-0.4, -0.2) is 24.7 Å². The van der Waals surface area contributed by atoms with E-state index >= 15 is 0 Å². The minimum atomic E-state index is -0.101. The van der Waals surface area contributed by atoms with E-state index in [0.717, 1.165) is 19.4 Å². The smallest absolute Gasteiger partial charge is 0.251 e. The molecule has 1 aromatic rings. The first kappa shape index (κ1) is 12.4. The average molecular weight is 254 g/mol. The summed E-state index contributed by atoms with van der Waals surface area (Å²) in [6.07, 6.45) is 2.22. The van der Waals surface area contributed by atoms with Crippen molar-refractivity contribution in [2.45, 2.75) is 31.9 Å². The first-order chi connectivity index (χ1) is 8.16. The molecule has 0 spiro atoms. The number of rotatable bonds is 3. The maximum absolute atomic E-state index is 11.9. The monoisotopic (exact) mass is 253 g/mol. The van der Waals surface area contributed by atoms with E-state index in [1.54, 1.807) is 24.3 Å². The van der Waals surface area contributed by atoms with Crippen LogP contribution in [-0.2, 0) is 4.74 Å². The number of benzene rings is 1. The zero-order valence-electron chi connectivity index (χ0n) is 9.78. The highest BCUT2D eigenvalue weighted by molar-refractivity contribution is 6.30. The normalized spacial score (nSPS) is 21.2. The highest BCUT2D eigenvalue weighted by Gasteiger charge is 2.23. The Labute approximate surface area is 106 Å². The van der Waals surface area contributed by atoms with Crippen molar-refractivity contribution in [3.63, 3.8) is 0 Å². The van der Waals surface area contributed by atoms with Crippen molar-refractivity contribution in [2.24, 2.45) is 0 Å². The molecule has 0 unspecified atom stereocenters. The summed E-state index contributed by atoms with van der Waals surface area (Å²) in [5.74, 6) is -0.101. The van der Waals surface area contributed by atoms with Crippen LogP contribution in [0.2, 0.25) is 5.02 Å². The van der Waals surface area contributed by atoms with Gasteiger partial charge in [0.05, 0.1) is 12.1 Å². The van der Waals surface area contributed by atoms with Crippen LogP contribution in [0.4, 0.5) is 0 Å². The van der Waals surface area contributed by atoms with Gasteiger partial charge in [0.15, 0.2) is 0 Å². The second-order valence-corrected chi connectivity index (χ2v) is 4.76. The van der Waals surface area contributed by atoms with Crippen molar-refractivity contribution < 1.29 is 9.53 Å². The predicted octanol–water partition coefficient (Wildman–Crippen LogP) is 2.64. The van der Waals surface area contributed by atoms with E-state index in [1.807, 2.05) is 6.92 Å². The molecule has 2 atom stereocenters. The number of halogens is 1. The highest BCUT2D eigenvalue weighted by Crippen LogP contribution is 2.16. The number of ether oxygens (including phenoxy) is 1. The third kappa shape index (κ3) is 3.20. The molecule has 92 valence electrons. The number of hydrogen-bond donors (Lipinski definition) is 1. The Morgan fingerprint density at radius 1 is 1.59 bits per heavy atom. The van der Waals surface area contributed by atoms with Crippen LogP contribution in [0.5, 0.6) is 0 Å². The van der Waals surface area contributed by atoms with Crippen molar-refractivity contribution in [1.29, 1.82) is 0 Å². The number of carbonyl (C=O) groups excluding carboxylic acids is 1. The lowest BCUT2D eigenvalue weighted by Crippen LogP contribution is -2.40. The molecule has 0 bridgehead atoms. The van der Waals surface area contributed by atoms with Gasteiger partial charge in [-0.2, -0.15) is 0 Å². The second-order valence-electron chi connectivity index (χ2n) is 4.32. The Hall–Kier alpha value is -1.06. The SMILES string of the molecule is C[C@H](NC(=O)c1cccc(Cl)c1)[C@H]1CCCO1. The molecule has 1 aliphatic heterocycles. The van der Waals surface area contributed by atoms with Crippen molar-refractivity contribution in [3.8, 4) is 0 Å². The lowest BCUT2D eigenvalue weighted by molar-refractivity contribution is 0.0712. The molecule has 1 amide bonds. The zero-order chi connectivity index (χ0) is 12.3. The minimum absolute atomic E-state index is 0.0315. The minimum Gasteiger partial charge on any atom is -0.376 e. The van der Waals surface area contributed by atoms with Gasteiger partial charge in [-0.05, 0) is 38.0 Å². The van der Waals surface area contributed by atoms with Crippen LogP contribution in [0, 0.1) is 0 Å². The van der Waals surface area contributed by atoms with Gasteiger partial charge in [-0.3, -0.25) is 4.79 Å². The maximum Gasteiger partial charge on any atom is 0.251 e. The van der Waals surface area contributed by atoms with E-state index in [4.69, 9.17) is 16.3 Å². The Kier molecular flexibility index (Phi) is 4.02. The Bertz CT molecular complexity index is 402. The molecule has 3 nitrogen and oxygen atoms in total. The Morgan fingerprint density at radius 2 is 2.41 bits per heavy atom. The molecule has 0 aromatic heterocycles. The van der Waals surface area contributed by atoms with Gasteiger partial charge in [0.2, 0.25) is 0 Å². The van der Waals surface area contributed by atoms with Gasteiger partial charge in [-0.15, -0.1) is 0 Å².